The van der Waals surface area contributed by atoms with E-state index in [1.807, 2.05) is 0 Å². The minimum Gasteiger partial charge on any atom is -0.461 e. The fourth-order valence-corrected chi connectivity index (χ4v) is 5.74. The molecule has 2 aliphatic rings. The molecule has 0 radical (unpaired) electrons. The van der Waals surface area contributed by atoms with Crippen LogP contribution in [0.1, 0.15) is 75.2 Å². The van der Waals surface area contributed by atoms with Crippen molar-refractivity contribution < 1.29 is 57.9 Å². The molecule has 0 aromatic carbocycles. The first-order valence-corrected chi connectivity index (χ1v) is 13.7. The van der Waals surface area contributed by atoms with Gasteiger partial charge >= 0.3 is 29.8 Å². The number of rotatable bonds is 6. The molecule has 0 aliphatic heterocycles. The van der Waals surface area contributed by atoms with Crippen molar-refractivity contribution in [1.82, 2.24) is 0 Å². The van der Waals surface area contributed by atoms with E-state index in [4.69, 9.17) is 23.7 Å². The second-order valence-corrected chi connectivity index (χ2v) is 11.3. The van der Waals surface area contributed by atoms with Crippen molar-refractivity contribution in [1.29, 1.82) is 0 Å². The van der Waals surface area contributed by atoms with Gasteiger partial charge in [-0.25, -0.2) is 0 Å². The van der Waals surface area contributed by atoms with Gasteiger partial charge < -0.3 is 33.9 Å². The lowest BCUT2D eigenvalue weighted by molar-refractivity contribution is -0.152. The Morgan fingerprint density at radius 1 is 0.786 bits per heavy atom. The first kappa shape index (κ1) is 34.7. The lowest BCUT2D eigenvalue weighted by atomic mass is 9.60. The first-order valence-electron chi connectivity index (χ1n) is 13.7. The molecule has 12 nitrogen and oxygen atoms in total. The number of aliphatic hydroxyl groups excluding tert-OH is 2. The summed E-state index contributed by atoms with van der Waals surface area (Å²) in [7, 11) is 0. The maximum atomic E-state index is 12.5. The van der Waals surface area contributed by atoms with Crippen LogP contribution < -0.4 is 0 Å². The number of hydrogen-bond acceptors (Lipinski definition) is 12. The molecule has 2 aliphatic carbocycles. The van der Waals surface area contributed by atoms with Gasteiger partial charge in [-0.05, 0) is 42.4 Å². The molecule has 2 rings (SSSR count). The molecule has 0 fully saturated rings. The van der Waals surface area contributed by atoms with Gasteiger partial charge in [-0.3, -0.25) is 24.0 Å². The number of carbonyl (C=O) groups is 5. The number of carbonyl (C=O) groups excluding carboxylic acids is 5. The van der Waals surface area contributed by atoms with Crippen LogP contribution in [0.2, 0.25) is 0 Å². The van der Waals surface area contributed by atoms with E-state index in [1.165, 1.54) is 33.8 Å². The van der Waals surface area contributed by atoms with Crippen LogP contribution in [0.5, 0.6) is 0 Å². The zero-order valence-electron chi connectivity index (χ0n) is 25.6. The quantitative estimate of drug-likeness (QED) is 0.262. The number of hydrogen-bond donors (Lipinski definition) is 2. The largest absolute Gasteiger partial charge is 0.461 e. The van der Waals surface area contributed by atoms with Crippen molar-refractivity contribution in [3.8, 4) is 0 Å². The van der Waals surface area contributed by atoms with Crippen LogP contribution in [0.15, 0.2) is 34.1 Å². The molecule has 0 saturated carbocycles. The van der Waals surface area contributed by atoms with Crippen LogP contribution in [0.3, 0.4) is 0 Å². The third kappa shape index (κ3) is 8.51. The lowest BCUT2D eigenvalue weighted by Gasteiger charge is -2.48. The van der Waals surface area contributed by atoms with Gasteiger partial charge in [-0.1, -0.05) is 19.9 Å². The summed E-state index contributed by atoms with van der Waals surface area (Å²) in [5.41, 5.74) is 0.234. The molecule has 2 N–H and O–H groups in total. The number of esters is 5. The lowest BCUT2D eigenvalue weighted by Crippen LogP contribution is -2.48. The maximum absolute atomic E-state index is 12.5. The summed E-state index contributed by atoms with van der Waals surface area (Å²) < 4.78 is 27.7. The second kappa shape index (κ2) is 14.1. The third-order valence-corrected chi connectivity index (χ3v) is 7.63. The summed E-state index contributed by atoms with van der Waals surface area (Å²) in [6.45, 7) is 12.4. The van der Waals surface area contributed by atoms with Crippen LogP contribution in [0.4, 0.5) is 0 Å². The second-order valence-electron chi connectivity index (χ2n) is 11.3. The molecule has 0 heterocycles. The van der Waals surface area contributed by atoms with Gasteiger partial charge in [0.25, 0.3) is 0 Å². The Kier molecular flexibility index (Phi) is 11.7. The molecule has 0 spiro atoms. The first-order chi connectivity index (χ1) is 19.4. The standard InChI is InChI=1S/C30H42O12/c1-14-25(39-17(4)32)11-22-24(37)10-21(13-38-16(3)31)23(36)12-26(40-18(5)33)15(2)28(41-19(6)34)29(42-20(7)35)27(14)30(22,8)9/h10,22-26,29,36-37H,11-13H2,1-9H3/t22-,23-,24-,25-,26-,29+/m0/s1. The van der Waals surface area contributed by atoms with E-state index in [1.54, 1.807) is 20.8 Å². The molecule has 0 aromatic heterocycles. The minimum absolute atomic E-state index is 0.140. The summed E-state index contributed by atoms with van der Waals surface area (Å²) in [5, 5.41) is 22.9. The molecule has 6 atom stereocenters. The Morgan fingerprint density at radius 2 is 1.31 bits per heavy atom. The van der Waals surface area contributed by atoms with Gasteiger partial charge in [0.1, 0.15) is 18.8 Å². The highest BCUT2D eigenvalue weighted by molar-refractivity contribution is 5.70. The summed E-state index contributed by atoms with van der Waals surface area (Å²) in [4.78, 5) is 60.8. The van der Waals surface area contributed by atoms with Crippen molar-refractivity contribution >= 4 is 29.8 Å². The van der Waals surface area contributed by atoms with E-state index in [0.29, 0.717) is 11.1 Å². The Balaban J connectivity index is 3.05. The fourth-order valence-electron chi connectivity index (χ4n) is 5.74. The Labute approximate surface area is 245 Å². The highest BCUT2D eigenvalue weighted by atomic mass is 16.6. The van der Waals surface area contributed by atoms with E-state index in [9.17, 15) is 34.2 Å². The molecule has 2 bridgehead atoms. The van der Waals surface area contributed by atoms with E-state index < -0.39 is 71.7 Å². The summed E-state index contributed by atoms with van der Waals surface area (Å²) >= 11 is 0. The zero-order chi connectivity index (χ0) is 32.1. The molecular formula is C30H42O12. The van der Waals surface area contributed by atoms with Crippen molar-refractivity contribution in [2.45, 2.75) is 106 Å². The summed E-state index contributed by atoms with van der Waals surface area (Å²) in [6.07, 6.45) is -4.82. The topological polar surface area (TPSA) is 172 Å². The van der Waals surface area contributed by atoms with Gasteiger partial charge in [0.05, 0.1) is 12.2 Å². The molecule has 234 valence electrons. The smallest absolute Gasteiger partial charge is 0.307 e. The average molecular weight is 595 g/mol. The maximum Gasteiger partial charge on any atom is 0.307 e. The molecule has 12 heteroatoms. The van der Waals surface area contributed by atoms with Crippen molar-refractivity contribution in [3.63, 3.8) is 0 Å². The average Bonchev–Trinajstić information content (AvgIpc) is 2.83. The number of ether oxygens (including phenoxy) is 5. The third-order valence-electron chi connectivity index (χ3n) is 7.63. The summed E-state index contributed by atoms with van der Waals surface area (Å²) in [5.74, 6) is -4.24. The van der Waals surface area contributed by atoms with E-state index in [0.717, 1.165) is 13.8 Å². The van der Waals surface area contributed by atoms with E-state index in [2.05, 4.69) is 0 Å². The highest BCUT2D eigenvalue weighted by Gasteiger charge is 2.50. The molecule has 0 saturated heterocycles. The van der Waals surface area contributed by atoms with Crippen molar-refractivity contribution in [2.24, 2.45) is 11.3 Å². The number of fused-ring (bicyclic) bond motifs is 2. The molecule has 0 aromatic rings. The van der Waals surface area contributed by atoms with Gasteiger partial charge in [0.2, 0.25) is 0 Å². The van der Waals surface area contributed by atoms with Crippen LogP contribution in [-0.2, 0) is 47.7 Å². The van der Waals surface area contributed by atoms with Gasteiger partial charge in [-0.15, -0.1) is 0 Å². The number of aliphatic hydroxyl groups is 2. The predicted molar refractivity (Wildman–Crippen MR) is 147 cm³/mol. The predicted octanol–water partition coefficient (Wildman–Crippen LogP) is 2.60. The molecule has 42 heavy (non-hydrogen) atoms. The van der Waals surface area contributed by atoms with E-state index in [-0.39, 0.29) is 36.4 Å². The Hall–Kier alpha value is -3.51. The van der Waals surface area contributed by atoms with Gasteiger partial charge in [0, 0.05) is 52.5 Å². The minimum atomic E-state index is -1.39. The van der Waals surface area contributed by atoms with Crippen molar-refractivity contribution in [2.75, 3.05) is 6.61 Å². The zero-order valence-corrected chi connectivity index (χ0v) is 25.6. The Morgan fingerprint density at radius 3 is 1.79 bits per heavy atom. The normalized spacial score (nSPS) is 27.9. The monoisotopic (exact) mass is 594 g/mol. The molecule has 0 unspecified atom stereocenters. The van der Waals surface area contributed by atoms with Crippen LogP contribution in [0.25, 0.3) is 0 Å². The van der Waals surface area contributed by atoms with E-state index >= 15 is 0 Å². The SMILES string of the molecule is CC(=O)OCC1=C[C@H](O)[C@@H]2C[C@H](OC(C)=O)C(C)=C([C@@H](OC(C)=O)C(OC(C)=O)=C(C)[C@@H](OC(C)=O)C[C@@H]1O)C2(C)C. The van der Waals surface area contributed by atoms with Crippen molar-refractivity contribution in [3.05, 3.63) is 34.1 Å². The van der Waals surface area contributed by atoms with Crippen LogP contribution >= 0.6 is 0 Å². The molecule has 0 amide bonds. The fraction of sp³-hybridized carbons (Fsp3) is 0.633. The molecular weight excluding hydrogens is 552 g/mol. The van der Waals surface area contributed by atoms with Crippen LogP contribution in [-0.4, -0.2) is 77.2 Å². The summed E-state index contributed by atoms with van der Waals surface area (Å²) in [6, 6.07) is 0. The van der Waals surface area contributed by atoms with Gasteiger partial charge in [0.15, 0.2) is 11.9 Å². The Bertz CT molecular complexity index is 1190. The van der Waals surface area contributed by atoms with Gasteiger partial charge in [-0.2, -0.15) is 0 Å². The highest BCUT2D eigenvalue weighted by Crippen LogP contribution is 2.51. The van der Waals surface area contributed by atoms with Crippen LogP contribution in [0, 0.1) is 11.3 Å².